The van der Waals surface area contributed by atoms with Gasteiger partial charge in [-0.05, 0) is 37.0 Å². The molecule has 0 bridgehead atoms. The average molecular weight is 331 g/mol. The molecule has 2 rings (SSSR count). The van der Waals surface area contributed by atoms with Gasteiger partial charge in [0.1, 0.15) is 6.61 Å². The van der Waals surface area contributed by atoms with Crippen LogP contribution >= 0.6 is 0 Å². The minimum atomic E-state index is -2.96. The summed E-state index contributed by atoms with van der Waals surface area (Å²) in [7, 11) is -2.96. The van der Waals surface area contributed by atoms with Crippen molar-refractivity contribution in [1.29, 1.82) is 0 Å². The number of amides is 1. The van der Waals surface area contributed by atoms with Crippen molar-refractivity contribution in [2.45, 2.75) is 58.6 Å². The highest BCUT2D eigenvalue weighted by atomic mass is 32.2. The van der Waals surface area contributed by atoms with Gasteiger partial charge in [-0.15, -0.1) is 0 Å². The summed E-state index contributed by atoms with van der Waals surface area (Å²) in [4.78, 5) is 12.0. The summed E-state index contributed by atoms with van der Waals surface area (Å²) in [5, 5.41) is 2.79. The van der Waals surface area contributed by atoms with Crippen molar-refractivity contribution in [3.63, 3.8) is 0 Å². The summed E-state index contributed by atoms with van der Waals surface area (Å²) in [5.74, 6) is 1.75. The van der Waals surface area contributed by atoms with Crippen molar-refractivity contribution < 1.29 is 17.9 Å². The molecule has 5 nitrogen and oxygen atoms in total. The molecule has 0 aromatic carbocycles. The van der Waals surface area contributed by atoms with Gasteiger partial charge in [-0.25, -0.2) is 8.42 Å². The summed E-state index contributed by atoms with van der Waals surface area (Å²) >= 11 is 0. The maximum absolute atomic E-state index is 12.0. The number of carbonyl (C=O) groups is 1. The van der Waals surface area contributed by atoms with Gasteiger partial charge in [0.15, 0.2) is 9.84 Å². The van der Waals surface area contributed by atoms with Gasteiger partial charge in [0.05, 0.1) is 17.6 Å². The molecule has 128 valence electrons. The first-order chi connectivity index (χ1) is 10.3. The molecule has 1 saturated carbocycles. The Morgan fingerprint density at radius 3 is 2.59 bits per heavy atom. The Hall–Kier alpha value is -0.620. The predicted molar refractivity (Wildman–Crippen MR) is 86.3 cm³/mol. The minimum absolute atomic E-state index is 0.0388. The van der Waals surface area contributed by atoms with Crippen LogP contribution in [0.2, 0.25) is 0 Å². The average Bonchev–Trinajstić information content (AvgIpc) is 2.75. The number of hydrogen-bond donors (Lipinski definition) is 1. The van der Waals surface area contributed by atoms with E-state index in [1.165, 1.54) is 6.42 Å². The fraction of sp³-hybridized carbons (Fsp3) is 0.938. The maximum atomic E-state index is 12.0. The van der Waals surface area contributed by atoms with E-state index in [2.05, 4.69) is 26.1 Å². The van der Waals surface area contributed by atoms with Crippen LogP contribution in [0.25, 0.3) is 0 Å². The summed E-state index contributed by atoms with van der Waals surface area (Å²) < 4.78 is 28.7. The SMILES string of the molecule is CC(C)[C@H]1CC[C@@H](C)C[C@H]1OCC(=O)N[C@H]1CCS(=O)(=O)C1. The third-order valence-electron chi connectivity index (χ3n) is 4.99. The fourth-order valence-corrected chi connectivity index (χ4v) is 5.34. The van der Waals surface area contributed by atoms with Crippen LogP contribution in [-0.4, -0.2) is 44.6 Å². The third kappa shape index (κ3) is 4.95. The number of sulfone groups is 1. The molecule has 4 atom stereocenters. The van der Waals surface area contributed by atoms with Crippen LogP contribution in [0.1, 0.15) is 46.5 Å². The molecule has 6 heteroatoms. The molecule has 0 radical (unpaired) electrons. The van der Waals surface area contributed by atoms with E-state index in [0.29, 0.717) is 24.2 Å². The smallest absolute Gasteiger partial charge is 0.246 e. The molecule has 0 aromatic heterocycles. The van der Waals surface area contributed by atoms with Crippen LogP contribution in [0.15, 0.2) is 0 Å². The monoisotopic (exact) mass is 331 g/mol. The Morgan fingerprint density at radius 2 is 2.00 bits per heavy atom. The van der Waals surface area contributed by atoms with E-state index >= 15 is 0 Å². The van der Waals surface area contributed by atoms with Gasteiger partial charge in [0.25, 0.3) is 0 Å². The largest absolute Gasteiger partial charge is 0.368 e. The Bertz CT molecular complexity index is 488. The van der Waals surface area contributed by atoms with Crippen molar-refractivity contribution in [3.8, 4) is 0 Å². The highest BCUT2D eigenvalue weighted by molar-refractivity contribution is 7.91. The van der Waals surface area contributed by atoms with E-state index in [1.807, 2.05) is 0 Å². The van der Waals surface area contributed by atoms with Gasteiger partial charge in [0, 0.05) is 6.04 Å². The Morgan fingerprint density at radius 1 is 1.27 bits per heavy atom. The number of hydrogen-bond acceptors (Lipinski definition) is 4. The first kappa shape index (κ1) is 17.7. The molecule has 1 aliphatic heterocycles. The zero-order chi connectivity index (χ0) is 16.3. The van der Waals surface area contributed by atoms with Crippen molar-refractivity contribution in [2.75, 3.05) is 18.1 Å². The molecule has 2 aliphatic rings. The van der Waals surface area contributed by atoms with Crippen LogP contribution in [0.3, 0.4) is 0 Å². The lowest BCUT2D eigenvalue weighted by Gasteiger charge is -2.37. The molecule has 0 aromatic rings. The Kier molecular flexibility index (Phi) is 5.88. The molecule has 0 unspecified atom stereocenters. The molecule has 1 aliphatic carbocycles. The van der Waals surface area contributed by atoms with E-state index in [1.54, 1.807) is 0 Å². The quantitative estimate of drug-likeness (QED) is 0.833. The normalized spacial score (nSPS) is 34.7. The number of rotatable bonds is 5. The minimum Gasteiger partial charge on any atom is -0.368 e. The first-order valence-corrected chi connectivity index (χ1v) is 10.2. The van der Waals surface area contributed by atoms with E-state index in [-0.39, 0.29) is 36.2 Å². The summed E-state index contributed by atoms with van der Waals surface area (Å²) in [6, 6.07) is -0.243. The van der Waals surface area contributed by atoms with Gasteiger partial charge in [0.2, 0.25) is 5.91 Å². The molecule has 1 N–H and O–H groups in total. The van der Waals surface area contributed by atoms with E-state index in [4.69, 9.17) is 4.74 Å². The molecule has 2 fully saturated rings. The van der Waals surface area contributed by atoms with Crippen LogP contribution in [0, 0.1) is 17.8 Å². The lowest BCUT2D eigenvalue weighted by molar-refractivity contribution is -0.131. The van der Waals surface area contributed by atoms with Crippen molar-refractivity contribution >= 4 is 15.7 Å². The molecular formula is C16H29NO4S. The van der Waals surface area contributed by atoms with Gasteiger partial charge < -0.3 is 10.1 Å². The second-order valence-corrected chi connectivity index (χ2v) is 9.57. The molecule has 1 saturated heterocycles. The molecule has 0 spiro atoms. The van der Waals surface area contributed by atoms with Crippen LogP contribution < -0.4 is 5.32 Å². The summed E-state index contributed by atoms with van der Waals surface area (Å²) in [5.41, 5.74) is 0. The zero-order valence-electron chi connectivity index (χ0n) is 13.9. The van der Waals surface area contributed by atoms with Crippen molar-refractivity contribution in [3.05, 3.63) is 0 Å². The second kappa shape index (κ2) is 7.30. The van der Waals surface area contributed by atoms with E-state index in [0.717, 1.165) is 12.8 Å². The molecule has 1 amide bonds. The highest BCUT2D eigenvalue weighted by Crippen LogP contribution is 2.35. The van der Waals surface area contributed by atoms with Crippen molar-refractivity contribution in [2.24, 2.45) is 17.8 Å². The molecular weight excluding hydrogens is 302 g/mol. The first-order valence-electron chi connectivity index (χ1n) is 8.38. The Balaban J connectivity index is 1.79. The van der Waals surface area contributed by atoms with E-state index in [9.17, 15) is 13.2 Å². The lowest BCUT2D eigenvalue weighted by atomic mass is 9.75. The Labute approximate surface area is 134 Å². The van der Waals surface area contributed by atoms with Crippen LogP contribution in [0.4, 0.5) is 0 Å². The third-order valence-corrected chi connectivity index (χ3v) is 6.76. The van der Waals surface area contributed by atoms with Gasteiger partial charge in [-0.3, -0.25) is 4.79 Å². The van der Waals surface area contributed by atoms with Gasteiger partial charge in [-0.2, -0.15) is 0 Å². The zero-order valence-corrected chi connectivity index (χ0v) is 14.7. The summed E-state index contributed by atoms with van der Waals surface area (Å²) in [6.45, 7) is 6.69. The van der Waals surface area contributed by atoms with Crippen LogP contribution in [-0.2, 0) is 19.4 Å². The fourth-order valence-electron chi connectivity index (χ4n) is 3.67. The number of carbonyl (C=O) groups excluding carboxylic acids is 1. The topological polar surface area (TPSA) is 72.5 Å². The van der Waals surface area contributed by atoms with Crippen molar-refractivity contribution in [1.82, 2.24) is 5.32 Å². The highest BCUT2D eigenvalue weighted by Gasteiger charge is 2.32. The van der Waals surface area contributed by atoms with Gasteiger partial charge in [-0.1, -0.05) is 27.2 Å². The second-order valence-electron chi connectivity index (χ2n) is 7.34. The maximum Gasteiger partial charge on any atom is 0.246 e. The number of nitrogens with one attached hydrogen (secondary N) is 1. The molecule has 1 heterocycles. The standard InChI is InChI=1S/C16H29NO4S/c1-11(2)14-5-4-12(3)8-15(14)21-9-16(18)17-13-6-7-22(19,20)10-13/h11-15H,4-10H2,1-3H3,(H,17,18)/t12-,13+,14-,15-/m1/s1. The predicted octanol–water partition coefficient (Wildman–Crippen LogP) is 1.77. The number of ether oxygens (including phenoxy) is 1. The lowest BCUT2D eigenvalue weighted by Crippen LogP contribution is -2.41. The summed E-state index contributed by atoms with van der Waals surface area (Å²) in [6.07, 6.45) is 4.06. The van der Waals surface area contributed by atoms with E-state index < -0.39 is 9.84 Å². The van der Waals surface area contributed by atoms with Gasteiger partial charge >= 0.3 is 0 Å². The van der Waals surface area contributed by atoms with Crippen LogP contribution in [0.5, 0.6) is 0 Å². The molecule has 22 heavy (non-hydrogen) atoms.